The minimum absolute atomic E-state index is 0.193. The van der Waals surface area contributed by atoms with Crippen LogP contribution in [0, 0.1) is 13.8 Å². The van der Waals surface area contributed by atoms with Crippen LogP contribution in [0.4, 0.5) is 0 Å². The van der Waals surface area contributed by atoms with Crippen LogP contribution >= 0.6 is 0 Å². The molecule has 5 nitrogen and oxygen atoms in total. The van der Waals surface area contributed by atoms with Crippen LogP contribution in [0.1, 0.15) is 24.0 Å². The molecule has 0 amide bonds. The predicted molar refractivity (Wildman–Crippen MR) is 101 cm³/mol. The first-order chi connectivity index (χ1) is 12.2. The Morgan fingerprint density at radius 1 is 0.923 bits per heavy atom. The molecule has 3 rings (SSSR count). The maximum atomic E-state index is 13.1. The topological polar surface area (TPSA) is 71.5 Å². The lowest BCUT2D eigenvalue weighted by molar-refractivity contribution is 0.407. The zero-order chi connectivity index (χ0) is 18.9. The van der Waals surface area contributed by atoms with Crippen molar-refractivity contribution >= 4 is 19.9 Å². The number of sulfone groups is 1. The van der Waals surface area contributed by atoms with Crippen LogP contribution in [0.3, 0.4) is 0 Å². The smallest absolute Gasteiger partial charge is 0.224 e. The average molecular weight is 394 g/mol. The summed E-state index contributed by atoms with van der Waals surface area (Å²) in [4.78, 5) is 0.458. The molecule has 0 radical (unpaired) electrons. The van der Waals surface area contributed by atoms with Gasteiger partial charge in [-0.2, -0.15) is 4.31 Å². The second-order valence-corrected chi connectivity index (χ2v) is 10.7. The predicted octanol–water partition coefficient (Wildman–Crippen LogP) is 2.93. The molecule has 1 atom stereocenters. The largest absolute Gasteiger partial charge is 0.243 e. The van der Waals surface area contributed by atoms with Crippen molar-refractivity contribution in [2.45, 2.75) is 42.5 Å². The fourth-order valence-electron chi connectivity index (χ4n) is 3.28. The molecule has 0 aromatic heterocycles. The van der Waals surface area contributed by atoms with Gasteiger partial charge < -0.3 is 0 Å². The van der Waals surface area contributed by atoms with E-state index in [0.717, 1.165) is 11.1 Å². The molecule has 26 heavy (non-hydrogen) atoms. The summed E-state index contributed by atoms with van der Waals surface area (Å²) in [7, 11) is -7.25. The van der Waals surface area contributed by atoms with Gasteiger partial charge in [0, 0.05) is 12.6 Å². The first kappa shape index (κ1) is 19.1. The average Bonchev–Trinajstić information content (AvgIpc) is 3.06. The number of hydrogen-bond acceptors (Lipinski definition) is 4. The van der Waals surface area contributed by atoms with Gasteiger partial charge in [0.15, 0.2) is 9.84 Å². The second kappa shape index (κ2) is 7.13. The van der Waals surface area contributed by atoms with Gasteiger partial charge in [-0.15, -0.1) is 0 Å². The second-order valence-electron chi connectivity index (χ2n) is 6.75. The van der Waals surface area contributed by atoms with Gasteiger partial charge in [0.05, 0.1) is 15.5 Å². The minimum Gasteiger partial charge on any atom is -0.224 e. The van der Waals surface area contributed by atoms with E-state index in [1.165, 1.54) is 4.31 Å². The fourth-order valence-corrected chi connectivity index (χ4v) is 6.77. The van der Waals surface area contributed by atoms with Crippen molar-refractivity contribution in [3.63, 3.8) is 0 Å². The first-order valence-corrected chi connectivity index (χ1v) is 11.7. The quantitative estimate of drug-likeness (QED) is 0.783. The lowest BCUT2D eigenvalue weighted by atomic mass is 10.1. The molecule has 0 saturated carbocycles. The highest BCUT2D eigenvalue weighted by Gasteiger charge is 2.38. The molecular formula is C19H23NO4S2. The molecule has 2 aromatic rings. The molecule has 1 fully saturated rings. The van der Waals surface area contributed by atoms with E-state index in [9.17, 15) is 16.8 Å². The molecule has 0 bridgehead atoms. The number of rotatable bonds is 5. The molecular weight excluding hydrogens is 370 g/mol. The third kappa shape index (κ3) is 3.70. The van der Waals surface area contributed by atoms with Gasteiger partial charge in [0.25, 0.3) is 0 Å². The van der Waals surface area contributed by atoms with Gasteiger partial charge in [0.1, 0.15) is 0 Å². The van der Waals surface area contributed by atoms with Crippen molar-refractivity contribution in [3.05, 3.63) is 59.7 Å². The van der Waals surface area contributed by atoms with Gasteiger partial charge in [-0.25, -0.2) is 16.8 Å². The van der Waals surface area contributed by atoms with Crippen molar-refractivity contribution in [3.8, 4) is 0 Å². The number of benzene rings is 2. The highest BCUT2D eigenvalue weighted by atomic mass is 32.2. The fraction of sp³-hybridized carbons (Fsp3) is 0.368. The lowest BCUT2D eigenvalue weighted by Gasteiger charge is -2.24. The van der Waals surface area contributed by atoms with Gasteiger partial charge in [-0.3, -0.25) is 0 Å². The van der Waals surface area contributed by atoms with Crippen LogP contribution in [0.25, 0.3) is 0 Å². The summed E-state index contributed by atoms with van der Waals surface area (Å²) in [6, 6.07) is 12.7. The maximum absolute atomic E-state index is 13.1. The molecule has 1 unspecified atom stereocenters. The zero-order valence-electron chi connectivity index (χ0n) is 14.9. The molecule has 0 aliphatic carbocycles. The maximum Gasteiger partial charge on any atom is 0.243 e. The lowest BCUT2D eigenvalue weighted by Crippen LogP contribution is -2.39. The number of hydrogen-bond donors (Lipinski definition) is 0. The van der Waals surface area contributed by atoms with Crippen molar-refractivity contribution in [1.82, 2.24) is 4.31 Å². The van der Waals surface area contributed by atoms with Crippen LogP contribution < -0.4 is 0 Å². The van der Waals surface area contributed by atoms with Crippen LogP contribution in [0.2, 0.25) is 0 Å². The zero-order valence-corrected chi connectivity index (χ0v) is 16.6. The Morgan fingerprint density at radius 3 is 2.27 bits per heavy atom. The van der Waals surface area contributed by atoms with E-state index in [1.54, 1.807) is 48.5 Å². The summed E-state index contributed by atoms with van der Waals surface area (Å²) in [6.07, 6.45) is 1.22. The summed E-state index contributed by atoms with van der Waals surface area (Å²) in [5.41, 5.74) is 1.92. The van der Waals surface area contributed by atoms with E-state index in [4.69, 9.17) is 0 Å². The van der Waals surface area contributed by atoms with Crippen LogP contribution in [0.15, 0.2) is 58.3 Å². The first-order valence-electron chi connectivity index (χ1n) is 8.59. The summed E-state index contributed by atoms with van der Waals surface area (Å²) in [5, 5.41) is 0. The van der Waals surface area contributed by atoms with Gasteiger partial charge >= 0.3 is 0 Å². The Kier molecular flexibility index (Phi) is 5.23. The van der Waals surface area contributed by atoms with E-state index in [2.05, 4.69) is 0 Å². The molecule has 0 N–H and O–H groups in total. The Hall–Kier alpha value is -1.70. The van der Waals surface area contributed by atoms with Crippen LogP contribution in [0.5, 0.6) is 0 Å². The van der Waals surface area contributed by atoms with Crippen LogP contribution in [-0.4, -0.2) is 39.5 Å². The Bertz CT molecular complexity index is 999. The van der Waals surface area contributed by atoms with E-state index in [1.807, 2.05) is 13.8 Å². The highest BCUT2D eigenvalue weighted by molar-refractivity contribution is 7.91. The Morgan fingerprint density at radius 2 is 1.62 bits per heavy atom. The van der Waals surface area contributed by atoms with Crippen molar-refractivity contribution in [1.29, 1.82) is 0 Å². The Balaban J connectivity index is 1.89. The summed E-state index contributed by atoms with van der Waals surface area (Å²) < 4.78 is 52.8. The number of sulfonamides is 1. The number of nitrogens with zero attached hydrogens (tertiary/aromatic N) is 1. The number of aryl methyl sites for hydroxylation is 2. The van der Waals surface area contributed by atoms with E-state index in [0.29, 0.717) is 19.4 Å². The molecule has 1 heterocycles. The van der Waals surface area contributed by atoms with Gasteiger partial charge in [-0.1, -0.05) is 24.3 Å². The molecule has 2 aromatic carbocycles. The summed E-state index contributed by atoms with van der Waals surface area (Å²) in [6.45, 7) is 4.15. The van der Waals surface area contributed by atoms with E-state index < -0.39 is 25.9 Å². The molecule has 1 saturated heterocycles. The van der Waals surface area contributed by atoms with Crippen molar-refractivity contribution < 1.29 is 16.8 Å². The molecule has 1 aliphatic rings. The third-order valence-corrected chi connectivity index (χ3v) is 8.68. The molecule has 140 valence electrons. The van der Waals surface area contributed by atoms with Gasteiger partial charge in [-0.05, 0) is 62.1 Å². The van der Waals surface area contributed by atoms with E-state index in [-0.39, 0.29) is 15.5 Å². The van der Waals surface area contributed by atoms with Gasteiger partial charge in [0.2, 0.25) is 10.0 Å². The highest BCUT2D eigenvalue weighted by Crippen LogP contribution is 2.29. The Labute approximate surface area is 155 Å². The van der Waals surface area contributed by atoms with E-state index >= 15 is 0 Å². The van der Waals surface area contributed by atoms with Crippen molar-refractivity contribution in [2.75, 3.05) is 12.3 Å². The van der Waals surface area contributed by atoms with Crippen LogP contribution in [-0.2, 0) is 19.9 Å². The third-order valence-electron chi connectivity index (χ3n) is 4.92. The summed E-state index contributed by atoms with van der Waals surface area (Å²) >= 11 is 0. The molecule has 0 spiro atoms. The van der Waals surface area contributed by atoms with Crippen molar-refractivity contribution in [2.24, 2.45) is 0 Å². The molecule has 1 aliphatic heterocycles. The molecule has 7 heteroatoms. The summed E-state index contributed by atoms with van der Waals surface area (Å²) in [5.74, 6) is -0.193. The minimum atomic E-state index is -3.71. The normalized spacial score (nSPS) is 18.9. The SMILES string of the molecule is Cc1ccc(S(=O)(=O)N2CCCC2CS(=O)(=O)c2ccccc2)cc1C. The standard InChI is InChI=1S/C19H23NO4S2/c1-15-10-11-19(13-16(15)2)26(23,24)20-12-6-7-17(20)14-25(21,22)18-8-4-3-5-9-18/h3-5,8-11,13,17H,6-7,12,14H2,1-2H3. The monoisotopic (exact) mass is 393 g/mol.